The first kappa shape index (κ1) is 15.7. The summed E-state index contributed by atoms with van der Waals surface area (Å²) in [6.07, 6.45) is 0. The Morgan fingerprint density at radius 1 is 1.14 bits per heavy atom. The third-order valence-electron chi connectivity index (χ3n) is 2.67. The minimum atomic E-state index is -0.674. The summed E-state index contributed by atoms with van der Waals surface area (Å²) in [5.41, 5.74) is 0.224. The van der Waals surface area contributed by atoms with E-state index in [-0.39, 0.29) is 16.5 Å². The fraction of sp³-hybridized carbons (Fsp3) is 0.231. The number of methoxy groups -OCH3 is 3. The largest absolute Gasteiger partial charge is 0.496 e. The van der Waals surface area contributed by atoms with E-state index in [0.717, 1.165) is 11.5 Å². The van der Waals surface area contributed by atoms with Crippen LogP contribution in [0.25, 0.3) is 0 Å². The number of hydrogen-bond donors (Lipinski definition) is 1. The Kier molecular flexibility index (Phi) is 4.89. The summed E-state index contributed by atoms with van der Waals surface area (Å²) in [5, 5.41) is 2.71. The van der Waals surface area contributed by atoms with Crippen LogP contribution in [0.5, 0.6) is 11.5 Å². The lowest BCUT2D eigenvalue weighted by Gasteiger charge is -2.11. The molecule has 8 nitrogen and oxygen atoms in total. The second-order valence-electron chi connectivity index (χ2n) is 3.91. The van der Waals surface area contributed by atoms with E-state index in [4.69, 9.17) is 9.47 Å². The fourth-order valence-electron chi connectivity index (χ4n) is 1.68. The number of benzene rings is 1. The minimum Gasteiger partial charge on any atom is -0.496 e. The van der Waals surface area contributed by atoms with Crippen molar-refractivity contribution >= 4 is 28.5 Å². The second-order valence-corrected chi connectivity index (χ2v) is 4.66. The van der Waals surface area contributed by atoms with E-state index in [9.17, 15) is 9.59 Å². The van der Waals surface area contributed by atoms with Gasteiger partial charge in [0.05, 0.1) is 21.3 Å². The van der Waals surface area contributed by atoms with Gasteiger partial charge in [-0.25, -0.2) is 4.79 Å². The summed E-state index contributed by atoms with van der Waals surface area (Å²) in [6.45, 7) is 0. The number of nitrogens with one attached hydrogen (secondary N) is 1. The molecule has 0 aliphatic heterocycles. The van der Waals surface area contributed by atoms with Crippen LogP contribution in [0.4, 0.5) is 5.13 Å². The van der Waals surface area contributed by atoms with Crippen LogP contribution in [0, 0.1) is 0 Å². The highest BCUT2D eigenvalue weighted by Crippen LogP contribution is 2.29. The maximum Gasteiger partial charge on any atom is 0.377 e. The molecule has 0 fully saturated rings. The molecule has 1 heterocycles. The molecule has 0 saturated carbocycles. The van der Waals surface area contributed by atoms with Gasteiger partial charge in [-0.05, 0) is 12.1 Å². The molecule has 22 heavy (non-hydrogen) atoms. The van der Waals surface area contributed by atoms with Crippen LogP contribution >= 0.6 is 11.5 Å². The average molecular weight is 323 g/mol. The normalized spacial score (nSPS) is 9.95. The number of anilines is 1. The predicted molar refractivity (Wildman–Crippen MR) is 78.7 cm³/mol. The van der Waals surface area contributed by atoms with Gasteiger partial charge in [-0.3, -0.25) is 10.1 Å². The molecular weight excluding hydrogens is 310 g/mol. The van der Waals surface area contributed by atoms with E-state index in [1.807, 2.05) is 0 Å². The molecule has 2 rings (SSSR count). The lowest BCUT2D eigenvalue weighted by Crippen LogP contribution is -2.14. The van der Waals surface area contributed by atoms with E-state index in [2.05, 4.69) is 19.4 Å². The number of aromatic nitrogens is 2. The van der Waals surface area contributed by atoms with Gasteiger partial charge >= 0.3 is 5.97 Å². The molecule has 9 heteroatoms. The Labute approximate surface area is 130 Å². The molecule has 0 saturated heterocycles. The molecule has 0 aliphatic rings. The summed E-state index contributed by atoms with van der Waals surface area (Å²) in [4.78, 5) is 27.5. The molecule has 1 N–H and O–H groups in total. The first-order valence-corrected chi connectivity index (χ1v) is 6.82. The SMILES string of the molecule is COC(=O)c1nsc(NC(=O)c2c(OC)cccc2OC)n1. The van der Waals surface area contributed by atoms with E-state index in [1.165, 1.54) is 21.3 Å². The Morgan fingerprint density at radius 2 is 1.77 bits per heavy atom. The van der Waals surface area contributed by atoms with Crippen LogP contribution in [-0.4, -0.2) is 42.6 Å². The standard InChI is InChI=1S/C13H13N3O5S/c1-19-7-5-4-6-8(20-2)9(7)11(17)15-13-14-10(16-22-13)12(18)21-3/h4-6H,1-3H3,(H,14,15,16,17). The first-order valence-electron chi connectivity index (χ1n) is 6.05. The summed E-state index contributed by atoms with van der Waals surface area (Å²) in [7, 11) is 4.12. The van der Waals surface area contributed by atoms with Crippen molar-refractivity contribution in [1.29, 1.82) is 0 Å². The quantitative estimate of drug-likeness (QED) is 0.834. The van der Waals surface area contributed by atoms with Crippen LogP contribution in [0.2, 0.25) is 0 Å². The number of hydrogen-bond acceptors (Lipinski definition) is 8. The van der Waals surface area contributed by atoms with Crippen molar-refractivity contribution in [1.82, 2.24) is 9.36 Å². The molecule has 1 amide bonds. The van der Waals surface area contributed by atoms with Crippen LogP contribution < -0.4 is 14.8 Å². The monoisotopic (exact) mass is 323 g/mol. The van der Waals surface area contributed by atoms with Crippen molar-refractivity contribution < 1.29 is 23.8 Å². The molecule has 0 spiro atoms. The van der Waals surface area contributed by atoms with Crippen LogP contribution in [0.1, 0.15) is 21.0 Å². The molecule has 2 aromatic rings. The maximum absolute atomic E-state index is 12.4. The highest BCUT2D eigenvalue weighted by atomic mass is 32.1. The zero-order chi connectivity index (χ0) is 16.1. The third-order valence-corrected chi connectivity index (χ3v) is 3.30. The van der Waals surface area contributed by atoms with Crippen LogP contribution in [-0.2, 0) is 4.74 Å². The first-order chi connectivity index (χ1) is 10.6. The number of esters is 1. The van der Waals surface area contributed by atoms with Gasteiger partial charge < -0.3 is 14.2 Å². The van der Waals surface area contributed by atoms with Gasteiger partial charge in [0.25, 0.3) is 11.7 Å². The van der Waals surface area contributed by atoms with Crippen molar-refractivity contribution in [2.24, 2.45) is 0 Å². The summed E-state index contributed by atoms with van der Waals surface area (Å²) in [6, 6.07) is 4.98. The van der Waals surface area contributed by atoms with Crippen LogP contribution in [0.15, 0.2) is 18.2 Å². The number of ether oxygens (including phenoxy) is 3. The third kappa shape index (κ3) is 3.14. The Morgan fingerprint density at radius 3 is 2.32 bits per heavy atom. The van der Waals surface area contributed by atoms with Gasteiger partial charge in [-0.2, -0.15) is 9.36 Å². The molecule has 116 valence electrons. The van der Waals surface area contributed by atoms with E-state index >= 15 is 0 Å². The van der Waals surface area contributed by atoms with Gasteiger partial charge in [0.15, 0.2) is 0 Å². The predicted octanol–water partition coefficient (Wildman–Crippen LogP) is 1.59. The van der Waals surface area contributed by atoms with Crippen molar-refractivity contribution in [2.75, 3.05) is 26.6 Å². The highest BCUT2D eigenvalue weighted by molar-refractivity contribution is 7.10. The fourth-order valence-corrected chi connectivity index (χ4v) is 2.24. The molecule has 1 aromatic heterocycles. The van der Waals surface area contributed by atoms with Crippen molar-refractivity contribution in [3.05, 3.63) is 29.6 Å². The van der Waals surface area contributed by atoms with E-state index in [1.54, 1.807) is 18.2 Å². The Balaban J connectivity index is 2.26. The maximum atomic E-state index is 12.4. The van der Waals surface area contributed by atoms with Crippen molar-refractivity contribution in [3.63, 3.8) is 0 Å². The second kappa shape index (κ2) is 6.85. The molecule has 1 aromatic carbocycles. The molecule has 0 aliphatic carbocycles. The zero-order valence-corrected chi connectivity index (χ0v) is 12.9. The van der Waals surface area contributed by atoms with Gasteiger partial charge in [0, 0.05) is 11.5 Å². The van der Waals surface area contributed by atoms with Crippen LogP contribution in [0.3, 0.4) is 0 Å². The summed E-state index contributed by atoms with van der Waals surface area (Å²) >= 11 is 0.868. The number of carbonyl (C=O) groups excluding carboxylic acids is 2. The summed E-state index contributed by atoms with van der Waals surface area (Å²) in [5.74, 6) is -0.563. The number of nitrogens with zero attached hydrogens (tertiary/aromatic N) is 2. The Hall–Kier alpha value is -2.68. The number of amides is 1. The van der Waals surface area contributed by atoms with Gasteiger partial charge in [-0.1, -0.05) is 6.07 Å². The van der Waals surface area contributed by atoms with E-state index < -0.39 is 11.9 Å². The highest BCUT2D eigenvalue weighted by Gasteiger charge is 2.20. The molecule has 0 bridgehead atoms. The van der Waals surface area contributed by atoms with Gasteiger partial charge in [-0.15, -0.1) is 0 Å². The number of carbonyl (C=O) groups is 2. The molecule has 0 atom stereocenters. The smallest absolute Gasteiger partial charge is 0.377 e. The molecule has 0 unspecified atom stereocenters. The summed E-state index contributed by atoms with van der Waals surface area (Å²) < 4.78 is 18.6. The van der Waals surface area contributed by atoms with Crippen molar-refractivity contribution in [3.8, 4) is 11.5 Å². The molecule has 0 radical (unpaired) electrons. The lowest BCUT2D eigenvalue weighted by molar-refractivity contribution is 0.0588. The van der Waals surface area contributed by atoms with E-state index in [0.29, 0.717) is 11.5 Å². The minimum absolute atomic E-state index is 0.116. The zero-order valence-electron chi connectivity index (χ0n) is 12.1. The van der Waals surface area contributed by atoms with Crippen molar-refractivity contribution in [2.45, 2.75) is 0 Å². The van der Waals surface area contributed by atoms with Gasteiger partial charge in [0.2, 0.25) is 5.13 Å². The topological polar surface area (TPSA) is 99.6 Å². The Bertz CT molecular complexity index is 678. The van der Waals surface area contributed by atoms with Gasteiger partial charge in [0.1, 0.15) is 17.1 Å². The number of rotatable bonds is 5. The lowest BCUT2D eigenvalue weighted by atomic mass is 10.1. The molecular formula is C13H13N3O5S. The average Bonchev–Trinajstić information content (AvgIpc) is 3.01.